The molecule has 2 heteroatoms. The standard InChI is InChI=1S/C8H13NO/c1-9(2,3)7-8-5-4-6-10-8/h4-6H,1,7H2,2-3H3. The smallest absolute Gasteiger partial charge is 0.155 e. The fourth-order valence-electron chi connectivity index (χ4n) is 0.824. The van der Waals surface area contributed by atoms with Gasteiger partial charge >= 0.3 is 0 Å². The molecular formula is C8H13NO. The first-order chi connectivity index (χ1) is 4.58. The maximum Gasteiger partial charge on any atom is 0.155 e. The van der Waals surface area contributed by atoms with E-state index in [9.17, 15) is 0 Å². The number of hydrogen-bond acceptors (Lipinski definition) is 1. The third kappa shape index (κ3) is 2.23. The predicted molar refractivity (Wildman–Crippen MR) is 39.9 cm³/mol. The van der Waals surface area contributed by atoms with Crippen molar-refractivity contribution in [1.82, 2.24) is 0 Å². The van der Waals surface area contributed by atoms with Crippen molar-refractivity contribution >= 4 is 0 Å². The molecule has 0 spiro atoms. The molecule has 0 radical (unpaired) electrons. The lowest BCUT2D eigenvalue weighted by Gasteiger charge is -2.31. The van der Waals surface area contributed by atoms with Crippen LogP contribution in [-0.2, 0) is 6.54 Å². The Morgan fingerprint density at radius 3 is 2.70 bits per heavy atom. The Morgan fingerprint density at radius 2 is 2.30 bits per heavy atom. The molecule has 0 aliphatic rings. The van der Waals surface area contributed by atoms with E-state index in [-0.39, 0.29) is 0 Å². The van der Waals surface area contributed by atoms with E-state index in [2.05, 4.69) is 7.05 Å². The van der Waals surface area contributed by atoms with E-state index in [4.69, 9.17) is 4.42 Å². The zero-order chi connectivity index (χ0) is 7.61. The molecule has 1 rings (SSSR count). The summed E-state index contributed by atoms with van der Waals surface area (Å²) in [5, 5.41) is 0. The van der Waals surface area contributed by atoms with Crippen LogP contribution in [-0.4, -0.2) is 18.6 Å². The minimum Gasteiger partial charge on any atom is -0.463 e. The van der Waals surface area contributed by atoms with Gasteiger partial charge in [0.15, 0.2) is 5.76 Å². The van der Waals surface area contributed by atoms with Gasteiger partial charge in [-0.05, 0) is 12.1 Å². The third-order valence-electron chi connectivity index (χ3n) is 1.16. The highest BCUT2D eigenvalue weighted by atomic mass is 16.3. The zero-order valence-corrected chi connectivity index (χ0v) is 6.50. The normalized spacial score (nSPS) is 11.9. The van der Waals surface area contributed by atoms with Crippen LogP contribution in [0.1, 0.15) is 5.76 Å². The van der Waals surface area contributed by atoms with Crippen molar-refractivity contribution in [2.75, 3.05) is 14.1 Å². The van der Waals surface area contributed by atoms with Gasteiger partial charge in [-0.3, -0.25) is 0 Å². The van der Waals surface area contributed by atoms with Crippen LogP contribution in [0, 0.1) is 7.05 Å². The monoisotopic (exact) mass is 139 g/mol. The van der Waals surface area contributed by atoms with Crippen LogP contribution in [0.2, 0.25) is 0 Å². The van der Waals surface area contributed by atoms with Gasteiger partial charge in [0, 0.05) is 14.1 Å². The second kappa shape index (κ2) is 2.46. The summed E-state index contributed by atoms with van der Waals surface area (Å²) in [4.78, 5) is 0. The summed E-state index contributed by atoms with van der Waals surface area (Å²) in [7, 11) is 7.98. The van der Waals surface area contributed by atoms with Gasteiger partial charge in [0.1, 0.15) is 6.54 Å². The largest absolute Gasteiger partial charge is 0.463 e. The van der Waals surface area contributed by atoms with Crippen LogP contribution in [0.15, 0.2) is 22.8 Å². The van der Waals surface area contributed by atoms with Gasteiger partial charge in [0.2, 0.25) is 0 Å². The van der Waals surface area contributed by atoms with E-state index in [0.717, 1.165) is 12.3 Å². The summed E-state index contributed by atoms with van der Waals surface area (Å²) < 4.78 is 5.81. The molecule has 1 aromatic rings. The first-order valence-corrected chi connectivity index (χ1v) is 3.28. The molecule has 1 heterocycles. The molecule has 10 heavy (non-hydrogen) atoms. The Bertz CT molecular complexity index is 184. The molecule has 0 aliphatic carbocycles. The highest BCUT2D eigenvalue weighted by molar-refractivity contribution is 4.95. The molecule has 0 saturated heterocycles. The van der Waals surface area contributed by atoms with Crippen LogP contribution >= 0.6 is 0 Å². The Balaban J connectivity index is 2.57. The molecule has 0 bridgehead atoms. The van der Waals surface area contributed by atoms with Crippen LogP contribution < -0.4 is 0 Å². The summed E-state index contributed by atoms with van der Waals surface area (Å²) in [6.45, 7) is 0.840. The quantitative estimate of drug-likeness (QED) is 0.448. The second-order valence-electron chi connectivity index (χ2n) is 3.17. The van der Waals surface area contributed by atoms with Crippen LogP contribution in [0.4, 0.5) is 0 Å². The van der Waals surface area contributed by atoms with Crippen LogP contribution in [0.5, 0.6) is 0 Å². The topological polar surface area (TPSA) is 13.1 Å². The summed E-state index contributed by atoms with van der Waals surface area (Å²) in [5.41, 5.74) is 0. The first-order valence-electron chi connectivity index (χ1n) is 3.28. The minimum absolute atomic E-state index is 0.660. The van der Waals surface area contributed by atoms with E-state index in [1.807, 2.05) is 26.2 Å². The maximum absolute atomic E-state index is 5.15. The summed E-state index contributed by atoms with van der Waals surface area (Å²) >= 11 is 0. The predicted octanol–water partition coefficient (Wildman–Crippen LogP) is 1.65. The molecular weight excluding hydrogens is 126 g/mol. The van der Waals surface area contributed by atoms with Gasteiger partial charge in [0.05, 0.1) is 6.26 Å². The van der Waals surface area contributed by atoms with Crippen molar-refractivity contribution in [3.05, 3.63) is 31.2 Å². The van der Waals surface area contributed by atoms with Crippen molar-refractivity contribution in [3.63, 3.8) is 0 Å². The minimum atomic E-state index is 0.660. The molecule has 2 nitrogen and oxygen atoms in total. The van der Waals surface area contributed by atoms with E-state index in [1.165, 1.54) is 0 Å². The Labute approximate surface area is 61.7 Å². The van der Waals surface area contributed by atoms with Gasteiger partial charge in [0.25, 0.3) is 0 Å². The summed E-state index contributed by atoms with van der Waals surface area (Å²) in [6.07, 6.45) is 1.69. The lowest BCUT2D eigenvalue weighted by atomic mass is 10.4. The van der Waals surface area contributed by atoms with E-state index < -0.39 is 0 Å². The average molecular weight is 139 g/mol. The molecule has 0 saturated carbocycles. The SMILES string of the molecule is [CH2-][N+](C)(C)Cc1ccco1. The Morgan fingerprint density at radius 1 is 1.60 bits per heavy atom. The third-order valence-corrected chi connectivity index (χ3v) is 1.16. The molecule has 1 aromatic heterocycles. The lowest BCUT2D eigenvalue weighted by molar-refractivity contribution is -0.860. The molecule has 0 atom stereocenters. The average Bonchev–Trinajstić information content (AvgIpc) is 2.12. The van der Waals surface area contributed by atoms with E-state index in [0.29, 0.717) is 4.48 Å². The van der Waals surface area contributed by atoms with Gasteiger partial charge in [-0.25, -0.2) is 0 Å². The molecule has 0 aliphatic heterocycles. The first kappa shape index (κ1) is 7.35. The fourth-order valence-corrected chi connectivity index (χ4v) is 0.824. The van der Waals surface area contributed by atoms with Crippen molar-refractivity contribution in [1.29, 1.82) is 0 Å². The van der Waals surface area contributed by atoms with Crippen molar-refractivity contribution in [2.24, 2.45) is 0 Å². The molecule has 0 fully saturated rings. The fraction of sp³-hybridized carbons (Fsp3) is 0.375. The Hall–Kier alpha value is -0.760. The van der Waals surface area contributed by atoms with Gasteiger partial charge in [-0.1, -0.05) is 0 Å². The summed E-state index contributed by atoms with van der Waals surface area (Å²) in [6, 6.07) is 3.86. The van der Waals surface area contributed by atoms with E-state index >= 15 is 0 Å². The van der Waals surface area contributed by atoms with E-state index in [1.54, 1.807) is 6.26 Å². The van der Waals surface area contributed by atoms with Gasteiger partial charge in [-0.2, -0.15) is 0 Å². The van der Waals surface area contributed by atoms with Gasteiger partial charge < -0.3 is 8.90 Å². The number of furan rings is 1. The van der Waals surface area contributed by atoms with Crippen molar-refractivity contribution in [3.8, 4) is 0 Å². The maximum atomic E-state index is 5.15. The number of quaternary nitrogens is 1. The zero-order valence-electron chi connectivity index (χ0n) is 6.50. The summed E-state index contributed by atoms with van der Waals surface area (Å²) in [5.74, 6) is 0.986. The molecule has 56 valence electrons. The molecule has 0 amide bonds. The highest BCUT2D eigenvalue weighted by Crippen LogP contribution is 2.07. The van der Waals surface area contributed by atoms with Gasteiger partial charge in [-0.15, -0.1) is 7.05 Å². The molecule has 0 unspecified atom stereocenters. The van der Waals surface area contributed by atoms with Crippen molar-refractivity contribution in [2.45, 2.75) is 6.54 Å². The van der Waals surface area contributed by atoms with Crippen LogP contribution in [0.3, 0.4) is 0 Å². The Kier molecular flexibility index (Phi) is 1.81. The molecule has 0 N–H and O–H groups in total. The number of hydrogen-bond donors (Lipinski definition) is 0. The second-order valence-corrected chi connectivity index (χ2v) is 3.17. The lowest BCUT2D eigenvalue weighted by Crippen LogP contribution is -2.30. The van der Waals surface area contributed by atoms with Crippen molar-refractivity contribution < 1.29 is 8.90 Å². The highest BCUT2D eigenvalue weighted by Gasteiger charge is 2.03. The number of nitrogens with zero attached hydrogens (tertiary/aromatic N) is 1. The number of rotatable bonds is 2. The van der Waals surface area contributed by atoms with Crippen LogP contribution in [0.25, 0.3) is 0 Å². The molecule has 0 aromatic carbocycles.